The van der Waals surface area contributed by atoms with Crippen molar-refractivity contribution >= 4 is 39.1 Å². The van der Waals surface area contributed by atoms with Crippen LogP contribution in [0.1, 0.15) is 55.4 Å². The molecule has 2 amide bonds. The molecule has 0 fully saturated rings. The first kappa shape index (κ1) is 33.1. The van der Waals surface area contributed by atoms with Crippen molar-refractivity contribution < 1.29 is 18.0 Å². The van der Waals surface area contributed by atoms with Gasteiger partial charge in [0, 0.05) is 37.0 Å². The second-order valence-corrected chi connectivity index (χ2v) is 13.3. The predicted octanol–water partition coefficient (Wildman–Crippen LogP) is 6.06. The minimum Gasteiger partial charge on any atom is -0.352 e. The lowest BCUT2D eigenvalue weighted by atomic mass is 10.0. The number of nitrogens with one attached hydrogen (secondary N) is 1. The van der Waals surface area contributed by atoms with Crippen LogP contribution >= 0.6 is 11.6 Å². The van der Waals surface area contributed by atoms with E-state index in [1.165, 1.54) is 10.6 Å². The molecule has 0 saturated heterocycles. The molecule has 0 aromatic heterocycles. The second-order valence-electron chi connectivity index (χ2n) is 11.0. The third-order valence-corrected chi connectivity index (χ3v) is 8.63. The predicted molar refractivity (Wildman–Crippen MR) is 171 cm³/mol. The number of rotatable bonds is 14. The molecular weight excluding hydrogens is 570 g/mol. The quantitative estimate of drug-likeness (QED) is 0.240. The zero-order chi connectivity index (χ0) is 30.9. The van der Waals surface area contributed by atoms with E-state index in [0.717, 1.165) is 28.7 Å². The molecule has 1 N–H and O–H groups in total. The molecule has 0 spiro atoms. The Balaban J connectivity index is 1.90. The van der Waals surface area contributed by atoms with Crippen LogP contribution in [-0.2, 0) is 32.6 Å². The Morgan fingerprint density at radius 2 is 1.55 bits per heavy atom. The summed E-state index contributed by atoms with van der Waals surface area (Å²) in [6.45, 7) is 8.14. The highest BCUT2D eigenvalue weighted by atomic mass is 35.5. The van der Waals surface area contributed by atoms with Gasteiger partial charge in [-0.05, 0) is 80.1 Å². The van der Waals surface area contributed by atoms with Crippen molar-refractivity contribution in [2.24, 2.45) is 0 Å². The number of aryl methyl sites for hydroxylation is 2. The number of nitrogens with zero attached hydrogens (tertiary/aromatic N) is 2. The first-order valence-electron chi connectivity index (χ1n) is 14.3. The molecule has 3 aromatic carbocycles. The number of anilines is 1. The SMILES string of the molecule is CC[C@@H](C)NC(=O)[C@@H](Cc1ccccc1)N(Cc1ccc(Cl)cc1)C(=O)CCCN(c1cc(C)cc(C)c1)S(C)(=O)=O. The number of carbonyl (C=O) groups is 2. The summed E-state index contributed by atoms with van der Waals surface area (Å²) in [4.78, 5) is 29.2. The van der Waals surface area contributed by atoms with Crippen LogP contribution in [0.25, 0.3) is 0 Å². The zero-order valence-corrected chi connectivity index (χ0v) is 26.7. The normalized spacial score (nSPS) is 12.8. The van der Waals surface area contributed by atoms with Gasteiger partial charge in [-0.15, -0.1) is 0 Å². The molecule has 3 rings (SSSR count). The molecule has 0 heterocycles. The van der Waals surface area contributed by atoms with Gasteiger partial charge in [-0.3, -0.25) is 13.9 Å². The lowest BCUT2D eigenvalue weighted by Crippen LogP contribution is -2.52. The molecule has 0 unspecified atom stereocenters. The monoisotopic (exact) mass is 611 g/mol. The lowest BCUT2D eigenvalue weighted by Gasteiger charge is -2.32. The molecule has 0 saturated carbocycles. The van der Waals surface area contributed by atoms with Crippen LogP contribution in [0, 0.1) is 13.8 Å². The number of hydrogen-bond donors (Lipinski definition) is 1. The van der Waals surface area contributed by atoms with Gasteiger partial charge in [0.1, 0.15) is 6.04 Å². The Labute approximate surface area is 255 Å². The smallest absolute Gasteiger partial charge is 0.243 e. The van der Waals surface area contributed by atoms with Crippen molar-refractivity contribution in [3.63, 3.8) is 0 Å². The summed E-state index contributed by atoms with van der Waals surface area (Å²) in [5, 5.41) is 3.65. The van der Waals surface area contributed by atoms with E-state index in [4.69, 9.17) is 11.6 Å². The van der Waals surface area contributed by atoms with Gasteiger partial charge >= 0.3 is 0 Å². The Hall–Kier alpha value is -3.36. The minimum absolute atomic E-state index is 0.0515. The first-order chi connectivity index (χ1) is 19.9. The Bertz CT molecular complexity index is 1430. The van der Waals surface area contributed by atoms with Gasteiger partial charge in [0.15, 0.2) is 0 Å². The summed E-state index contributed by atoms with van der Waals surface area (Å²) in [6, 6.07) is 21.7. The number of halogens is 1. The zero-order valence-electron chi connectivity index (χ0n) is 25.1. The highest BCUT2D eigenvalue weighted by molar-refractivity contribution is 7.92. The van der Waals surface area contributed by atoms with Crippen molar-refractivity contribution in [1.29, 1.82) is 0 Å². The van der Waals surface area contributed by atoms with E-state index in [9.17, 15) is 18.0 Å². The Morgan fingerprint density at radius 1 is 0.929 bits per heavy atom. The maximum Gasteiger partial charge on any atom is 0.243 e. The summed E-state index contributed by atoms with van der Waals surface area (Å²) >= 11 is 6.11. The van der Waals surface area contributed by atoms with Gasteiger partial charge in [0.2, 0.25) is 21.8 Å². The first-order valence-corrected chi connectivity index (χ1v) is 16.5. The van der Waals surface area contributed by atoms with Crippen molar-refractivity contribution in [3.8, 4) is 0 Å². The van der Waals surface area contributed by atoms with Crippen LogP contribution in [0.4, 0.5) is 5.69 Å². The van der Waals surface area contributed by atoms with Crippen LogP contribution in [-0.4, -0.2) is 50.0 Å². The highest BCUT2D eigenvalue weighted by Crippen LogP contribution is 2.23. The van der Waals surface area contributed by atoms with Gasteiger partial charge in [-0.2, -0.15) is 0 Å². The summed E-state index contributed by atoms with van der Waals surface area (Å²) < 4.78 is 26.8. The molecule has 2 atom stereocenters. The van der Waals surface area contributed by atoms with Crippen molar-refractivity contribution in [2.45, 2.75) is 72.0 Å². The molecule has 0 aliphatic carbocycles. The summed E-state index contributed by atoms with van der Waals surface area (Å²) in [6.07, 6.45) is 2.65. The van der Waals surface area contributed by atoms with Crippen molar-refractivity contribution in [1.82, 2.24) is 10.2 Å². The van der Waals surface area contributed by atoms with E-state index in [0.29, 0.717) is 23.6 Å². The molecule has 7 nitrogen and oxygen atoms in total. The number of sulfonamides is 1. The van der Waals surface area contributed by atoms with E-state index in [1.54, 1.807) is 17.0 Å². The molecule has 9 heteroatoms. The number of amides is 2. The number of benzene rings is 3. The molecule has 226 valence electrons. The maximum atomic E-state index is 13.9. The van der Waals surface area contributed by atoms with Gasteiger partial charge < -0.3 is 10.2 Å². The third-order valence-electron chi connectivity index (χ3n) is 7.18. The van der Waals surface area contributed by atoms with E-state index < -0.39 is 16.1 Å². The van der Waals surface area contributed by atoms with Gasteiger partial charge in [-0.25, -0.2) is 8.42 Å². The van der Waals surface area contributed by atoms with Gasteiger partial charge in [0.05, 0.1) is 11.9 Å². The fraction of sp³-hybridized carbons (Fsp3) is 0.394. The van der Waals surface area contributed by atoms with Crippen molar-refractivity contribution in [2.75, 3.05) is 17.1 Å². The average Bonchev–Trinajstić information content (AvgIpc) is 2.93. The highest BCUT2D eigenvalue weighted by Gasteiger charge is 2.31. The largest absolute Gasteiger partial charge is 0.352 e. The maximum absolute atomic E-state index is 13.9. The topological polar surface area (TPSA) is 86.8 Å². The van der Waals surface area contributed by atoms with E-state index in [-0.39, 0.29) is 37.4 Å². The minimum atomic E-state index is -3.58. The molecule has 0 aliphatic rings. The van der Waals surface area contributed by atoms with E-state index >= 15 is 0 Å². The van der Waals surface area contributed by atoms with E-state index in [1.807, 2.05) is 88.4 Å². The fourth-order valence-corrected chi connectivity index (χ4v) is 5.96. The molecule has 0 aliphatic heterocycles. The molecule has 0 bridgehead atoms. The Morgan fingerprint density at radius 3 is 2.12 bits per heavy atom. The van der Waals surface area contributed by atoms with Crippen LogP contribution < -0.4 is 9.62 Å². The average molecular weight is 612 g/mol. The lowest BCUT2D eigenvalue weighted by molar-refractivity contribution is -0.141. The van der Waals surface area contributed by atoms with E-state index in [2.05, 4.69) is 5.32 Å². The molecular formula is C33H42ClN3O4S. The summed E-state index contributed by atoms with van der Waals surface area (Å²) in [5.74, 6) is -0.442. The third kappa shape index (κ3) is 9.88. The second kappa shape index (κ2) is 15.2. The van der Waals surface area contributed by atoms with Gasteiger partial charge in [-0.1, -0.05) is 67.1 Å². The van der Waals surface area contributed by atoms with Crippen LogP contribution in [0.3, 0.4) is 0 Å². The van der Waals surface area contributed by atoms with Crippen molar-refractivity contribution in [3.05, 3.63) is 100 Å². The number of carbonyl (C=O) groups excluding carboxylic acids is 2. The van der Waals surface area contributed by atoms with Crippen LogP contribution in [0.2, 0.25) is 5.02 Å². The molecule has 42 heavy (non-hydrogen) atoms. The van der Waals surface area contributed by atoms with Crippen LogP contribution in [0.5, 0.6) is 0 Å². The standard InChI is InChI=1S/C33H42ClN3O4S/c1-6-26(4)35-33(39)31(22-27-11-8-7-9-12-27)36(23-28-14-16-29(34)17-15-28)32(38)13-10-18-37(42(5,40)41)30-20-24(2)19-25(3)21-30/h7-9,11-12,14-17,19-21,26,31H,6,10,13,18,22-23H2,1-5H3,(H,35,39)/t26-,31-/m1/s1. The fourth-order valence-electron chi connectivity index (χ4n) is 4.88. The summed E-state index contributed by atoms with van der Waals surface area (Å²) in [5.41, 5.74) is 4.28. The molecule has 0 radical (unpaired) electrons. The molecule has 3 aromatic rings. The van der Waals surface area contributed by atoms with Crippen LogP contribution in [0.15, 0.2) is 72.8 Å². The number of hydrogen-bond acceptors (Lipinski definition) is 4. The summed E-state index contributed by atoms with van der Waals surface area (Å²) in [7, 11) is -3.58. The Kier molecular flexibility index (Phi) is 12.0. The van der Waals surface area contributed by atoms with Gasteiger partial charge in [0.25, 0.3) is 0 Å².